The van der Waals surface area contributed by atoms with Gasteiger partial charge in [-0.3, -0.25) is 24.1 Å². The quantitative estimate of drug-likeness (QED) is 0.0562. The molecule has 376 valence electrons. The van der Waals surface area contributed by atoms with Crippen LogP contribution in [0.15, 0.2) is 97.2 Å². The molecule has 14 nitrogen and oxygen atoms in total. The maximum absolute atomic E-state index is 14.6. The molecule has 5 atom stereocenters. The molecule has 3 heterocycles. The Hall–Kier alpha value is -5.77. The first-order valence-corrected chi connectivity index (χ1v) is 25.5. The summed E-state index contributed by atoms with van der Waals surface area (Å²) in [6, 6.07) is 26.8. The van der Waals surface area contributed by atoms with Gasteiger partial charge in [0.05, 0.1) is 42.4 Å². The van der Waals surface area contributed by atoms with E-state index in [0.29, 0.717) is 53.8 Å². The van der Waals surface area contributed by atoms with Gasteiger partial charge in [0.2, 0.25) is 17.7 Å². The van der Waals surface area contributed by atoms with Crippen molar-refractivity contribution < 1.29 is 33.8 Å². The molecule has 3 aliphatic rings. The predicted molar refractivity (Wildman–Crippen MR) is 274 cm³/mol. The number of aliphatic carboxylic acids is 1. The minimum atomic E-state index is -1.03. The second kappa shape index (κ2) is 23.6. The Kier molecular flexibility index (Phi) is 17.2. The molecule has 3 amide bonds. The molecule has 8 rings (SSSR count). The number of piperidine rings is 1. The first kappa shape index (κ1) is 51.6. The summed E-state index contributed by atoms with van der Waals surface area (Å²) < 4.78 is 13.9. The minimum Gasteiger partial charge on any atom is -0.481 e. The lowest BCUT2D eigenvalue weighted by atomic mass is 9.80. The van der Waals surface area contributed by atoms with Crippen LogP contribution in [0.25, 0.3) is 11.3 Å². The summed E-state index contributed by atoms with van der Waals surface area (Å²) in [5, 5.41) is 20.7. The lowest BCUT2D eigenvalue weighted by molar-refractivity contribution is -0.147. The monoisotopic (exact) mass is 1010 g/mol. The number of amides is 3. The van der Waals surface area contributed by atoms with Crippen LogP contribution in [0.5, 0.6) is 11.5 Å². The van der Waals surface area contributed by atoms with E-state index in [9.17, 15) is 24.3 Å². The van der Waals surface area contributed by atoms with Crippen molar-refractivity contribution in [3.8, 4) is 22.8 Å². The van der Waals surface area contributed by atoms with Gasteiger partial charge in [0.25, 0.3) is 0 Å². The molecule has 0 radical (unpaired) electrons. The highest BCUT2D eigenvalue weighted by Gasteiger charge is 2.44. The number of imidazole rings is 1. The van der Waals surface area contributed by atoms with Crippen molar-refractivity contribution in [2.45, 2.75) is 101 Å². The standard InChI is InChI=1S/C55H65Cl2N7O7/c1-36(58-32-40-13-19-42(57)29-49(40)71-43-20-14-39(15-21-43)48-33-59-50(62(48)2)34-63-25-6-7-26-63)52(67)60-47(23-28-70-3)53(68)61-55(31-37-11-17-41(56)18-12-37)24-8-27-64(35-55)54(69)46(30-51(65)66)45-22-16-38-9-4-5-10-44(38)45/h4-5,9-15,17-21,29,33,36,45-47,58H,6-8,16,22-28,30-32,34-35H2,1-3H3,(H,60,67)(H,61,68)(H,65,66)/t36-,45-,46-,47-,55+/m0/s1. The number of halogens is 2. The number of carboxylic acid groups (broad SMARTS) is 1. The van der Waals surface area contributed by atoms with Crippen molar-refractivity contribution >= 4 is 46.9 Å². The molecule has 0 spiro atoms. The van der Waals surface area contributed by atoms with E-state index in [2.05, 4.69) is 25.4 Å². The van der Waals surface area contributed by atoms with E-state index in [4.69, 9.17) is 37.7 Å². The number of benzene rings is 4. The van der Waals surface area contributed by atoms with Crippen molar-refractivity contribution in [1.82, 2.24) is 35.3 Å². The zero-order chi connectivity index (χ0) is 50.1. The van der Waals surface area contributed by atoms with Crippen LogP contribution >= 0.6 is 23.2 Å². The van der Waals surface area contributed by atoms with E-state index in [-0.39, 0.29) is 44.4 Å². The maximum atomic E-state index is 14.6. The van der Waals surface area contributed by atoms with E-state index >= 15 is 0 Å². The van der Waals surface area contributed by atoms with Crippen LogP contribution in [-0.4, -0.2) is 106 Å². The van der Waals surface area contributed by atoms with E-state index in [1.54, 1.807) is 36.1 Å². The molecule has 5 aromatic rings. The minimum absolute atomic E-state index is 0.160. The van der Waals surface area contributed by atoms with Gasteiger partial charge in [-0.15, -0.1) is 0 Å². The molecule has 2 saturated heterocycles. The van der Waals surface area contributed by atoms with Crippen molar-refractivity contribution in [1.29, 1.82) is 0 Å². The number of ether oxygens (including phenoxy) is 2. The smallest absolute Gasteiger partial charge is 0.304 e. The van der Waals surface area contributed by atoms with Crippen molar-refractivity contribution in [3.63, 3.8) is 0 Å². The molecule has 0 saturated carbocycles. The molecule has 4 aromatic carbocycles. The summed E-state index contributed by atoms with van der Waals surface area (Å²) in [6.07, 6.45) is 7.23. The van der Waals surface area contributed by atoms with Crippen LogP contribution in [0.3, 0.4) is 0 Å². The fourth-order valence-electron chi connectivity index (χ4n) is 10.5. The first-order chi connectivity index (χ1) is 34.3. The van der Waals surface area contributed by atoms with Gasteiger partial charge in [-0.25, -0.2) is 4.98 Å². The third-order valence-corrected chi connectivity index (χ3v) is 14.9. The second-order valence-corrected chi connectivity index (χ2v) is 20.3. The molecule has 2 aliphatic heterocycles. The molecule has 4 N–H and O–H groups in total. The van der Waals surface area contributed by atoms with E-state index < -0.39 is 41.3 Å². The van der Waals surface area contributed by atoms with Gasteiger partial charge >= 0.3 is 5.97 Å². The van der Waals surface area contributed by atoms with Crippen LogP contribution in [0.4, 0.5) is 0 Å². The number of fused-ring (bicyclic) bond motifs is 1. The number of hydrogen-bond acceptors (Lipinski definition) is 9. The number of aromatic nitrogens is 2. The number of nitrogens with one attached hydrogen (secondary N) is 3. The molecule has 0 unspecified atom stereocenters. The third kappa shape index (κ3) is 13.0. The summed E-state index contributed by atoms with van der Waals surface area (Å²) in [7, 11) is 3.59. The van der Waals surface area contributed by atoms with Crippen molar-refractivity contribution in [2.24, 2.45) is 13.0 Å². The number of carbonyl (C=O) groups excluding carboxylic acids is 3. The van der Waals surface area contributed by atoms with Crippen LogP contribution in [-0.2, 0) is 56.9 Å². The molecule has 1 aromatic heterocycles. The number of carbonyl (C=O) groups is 4. The van der Waals surface area contributed by atoms with Gasteiger partial charge in [-0.2, -0.15) is 0 Å². The molecule has 1 aliphatic carbocycles. The fraction of sp³-hybridized carbons (Fsp3) is 0.436. The molecule has 0 bridgehead atoms. The van der Waals surface area contributed by atoms with E-state index in [0.717, 1.165) is 65.4 Å². The Morgan fingerprint density at radius 1 is 0.915 bits per heavy atom. The van der Waals surface area contributed by atoms with Gasteiger partial charge in [0.1, 0.15) is 23.4 Å². The lowest BCUT2D eigenvalue weighted by Gasteiger charge is -2.45. The van der Waals surface area contributed by atoms with Gasteiger partial charge in [-0.05, 0) is 143 Å². The van der Waals surface area contributed by atoms with Crippen LogP contribution < -0.4 is 20.7 Å². The summed E-state index contributed by atoms with van der Waals surface area (Å²) in [4.78, 5) is 64.4. The molecule has 71 heavy (non-hydrogen) atoms. The Labute approximate surface area is 426 Å². The Balaban J connectivity index is 0.934. The number of aryl methyl sites for hydroxylation is 1. The summed E-state index contributed by atoms with van der Waals surface area (Å²) in [5.41, 5.74) is 4.93. The predicted octanol–water partition coefficient (Wildman–Crippen LogP) is 8.32. The largest absolute Gasteiger partial charge is 0.481 e. The molecule has 16 heteroatoms. The fourth-order valence-corrected chi connectivity index (χ4v) is 10.8. The van der Waals surface area contributed by atoms with Crippen molar-refractivity contribution in [3.05, 3.63) is 135 Å². The van der Waals surface area contributed by atoms with Crippen LogP contribution in [0, 0.1) is 5.92 Å². The summed E-state index contributed by atoms with van der Waals surface area (Å²) in [6.45, 7) is 5.81. The number of nitrogens with zero attached hydrogens (tertiary/aromatic N) is 4. The average Bonchev–Trinajstić information content (AvgIpc) is 4.13. The van der Waals surface area contributed by atoms with Gasteiger partial charge in [0, 0.05) is 61.6 Å². The Morgan fingerprint density at radius 3 is 2.41 bits per heavy atom. The van der Waals surface area contributed by atoms with E-state index in [1.807, 2.05) is 80.0 Å². The molecular weight excluding hydrogens is 942 g/mol. The number of likely N-dealkylation sites (tertiary alicyclic amines) is 2. The SMILES string of the molecule is COCC[C@H](NC(=O)[C@H](C)NCc1ccc(Cl)cc1Oc1ccc(-c2cnc(CN3CCCC3)n2C)cc1)C(=O)N[C@@]1(Cc2ccc(Cl)cc2)CCCN(C(=O)[C@@H](CC(=O)O)[C@H]2CCc3ccccc32)C1. The summed E-state index contributed by atoms with van der Waals surface area (Å²) in [5.74, 6) is -0.883. The highest BCUT2D eigenvalue weighted by Crippen LogP contribution is 2.41. The highest BCUT2D eigenvalue weighted by molar-refractivity contribution is 6.31. The highest BCUT2D eigenvalue weighted by atomic mass is 35.5. The average molecular weight is 1010 g/mol. The topological polar surface area (TPSA) is 167 Å². The normalized spacial score (nSPS) is 19.2. The maximum Gasteiger partial charge on any atom is 0.304 e. The lowest BCUT2D eigenvalue weighted by Crippen LogP contribution is -2.64. The first-order valence-electron chi connectivity index (χ1n) is 24.8. The van der Waals surface area contributed by atoms with Crippen LogP contribution in [0.2, 0.25) is 10.0 Å². The second-order valence-electron chi connectivity index (χ2n) is 19.4. The van der Waals surface area contributed by atoms with Gasteiger partial charge < -0.3 is 40.0 Å². The zero-order valence-electron chi connectivity index (χ0n) is 40.8. The molecule has 2 fully saturated rings. The summed E-state index contributed by atoms with van der Waals surface area (Å²) >= 11 is 12.8. The Bertz CT molecular complexity index is 2660. The number of methoxy groups -OCH3 is 1. The number of carboxylic acids is 1. The van der Waals surface area contributed by atoms with Gasteiger partial charge in [-0.1, -0.05) is 65.7 Å². The molecular formula is C55H65Cl2N7O7. The van der Waals surface area contributed by atoms with Crippen LogP contribution in [0.1, 0.15) is 85.9 Å². The Morgan fingerprint density at radius 2 is 1.66 bits per heavy atom. The number of hydrogen-bond donors (Lipinski definition) is 4. The van der Waals surface area contributed by atoms with Crippen molar-refractivity contribution in [2.75, 3.05) is 39.9 Å². The number of rotatable bonds is 21. The van der Waals surface area contributed by atoms with E-state index in [1.165, 1.54) is 20.0 Å². The third-order valence-electron chi connectivity index (χ3n) is 14.4. The van der Waals surface area contributed by atoms with Gasteiger partial charge in [0.15, 0.2) is 0 Å². The zero-order valence-corrected chi connectivity index (χ0v) is 42.3.